The second-order valence-corrected chi connectivity index (χ2v) is 4.57. The molecule has 0 aliphatic carbocycles. The van der Waals surface area contributed by atoms with Crippen molar-refractivity contribution < 1.29 is 9.53 Å². The number of carbonyl (C=O) groups is 1. The van der Waals surface area contributed by atoms with Gasteiger partial charge in [-0.25, -0.2) is 4.79 Å². The molecule has 1 heterocycles. The van der Waals surface area contributed by atoms with Gasteiger partial charge in [-0.15, -0.1) is 0 Å². The molecule has 2 rings (SSSR count). The summed E-state index contributed by atoms with van der Waals surface area (Å²) >= 11 is 0. The lowest BCUT2D eigenvalue weighted by Gasteiger charge is -2.32. The van der Waals surface area contributed by atoms with E-state index in [9.17, 15) is 4.79 Å². The van der Waals surface area contributed by atoms with Gasteiger partial charge in [0.15, 0.2) is 0 Å². The molecule has 1 unspecified atom stereocenters. The number of cyclic esters (lactones) is 1. The molecule has 0 spiro atoms. The summed E-state index contributed by atoms with van der Waals surface area (Å²) in [6, 6.07) is 9.20. The minimum absolute atomic E-state index is 0.289. The monoisotopic (exact) mass is 259 g/mol. The first-order valence-electron chi connectivity index (χ1n) is 6.34. The van der Waals surface area contributed by atoms with Crippen LogP contribution in [0.4, 0.5) is 10.5 Å². The van der Waals surface area contributed by atoms with Crippen molar-refractivity contribution in [3.05, 3.63) is 29.8 Å². The van der Waals surface area contributed by atoms with E-state index in [0.29, 0.717) is 24.4 Å². The first-order chi connectivity index (χ1) is 9.26. The van der Waals surface area contributed by atoms with Crippen molar-refractivity contribution in [2.45, 2.75) is 6.42 Å². The fraction of sp³-hybridized carbons (Fsp3) is 0.429. The molecule has 5 heteroatoms. The number of para-hydroxylation sites is 1. The highest BCUT2D eigenvalue weighted by Crippen LogP contribution is 2.25. The van der Waals surface area contributed by atoms with Crippen LogP contribution < -0.4 is 10.2 Å². The van der Waals surface area contributed by atoms with Crippen LogP contribution in [0.25, 0.3) is 0 Å². The van der Waals surface area contributed by atoms with E-state index in [1.165, 1.54) is 0 Å². The van der Waals surface area contributed by atoms with Crippen LogP contribution in [0, 0.1) is 17.2 Å². The lowest BCUT2D eigenvalue weighted by Crippen LogP contribution is -2.44. The zero-order chi connectivity index (χ0) is 13.7. The summed E-state index contributed by atoms with van der Waals surface area (Å²) in [6.45, 7) is 1.93. The number of amides is 1. The number of nitrogens with zero attached hydrogens (tertiary/aromatic N) is 2. The van der Waals surface area contributed by atoms with Crippen molar-refractivity contribution in [3.63, 3.8) is 0 Å². The number of anilines is 1. The van der Waals surface area contributed by atoms with Crippen LogP contribution in [0.1, 0.15) is 12.0 Å². The molecule has 100 valence electrons. The van der Waals surface area contributed by atoms with Crippen LogP contribution in [0.15, 0.2) is 24.3 Å². The van der Waals surface area contributed by atoms with Crippen LogP contribution in [0.2, 0.25) is 0 Å². The number of hydrogen-bond acceptors (Lipinski definition) is 4. The largest absolute Gasteiger partial charge is 0.449 e. The van der Waals surface area contributed by atoms with Gasteiger partial charge in [0, 0.05) is 12.5 Å². The van der Waals surface area contributed by atoms with Crippen molar-refractivity contribution >= 4 is 11.8 Å². The quantitative estimate of drug-likeness (QED) is 0.894. The highest BCUT2D eigenvalue weighted by molar-refractivity contribution is 5.90. The first-order valence-corrected chi connectivity index (χ1v) is 6.34. The van der Waals surface area contributed by atoms with Crippen LogP contribution in [-0.4, -0.2) is 32.8 Å². The molecule has 1 aromatic carbocycles. The molecule has 1 amide bonds. The van der Waals surface area contributed by atoms with E-state index in [-0.39, 0.29) is 12.0 Å². The van der Waals surface area contributed by atoms with E-state index >= 15 is 0 Å². The van der Waals surface area contributed by atoms with Gasteiger partial charge in [-0.1, -0.05) is 12.1 Å². The van der Waals surface area contributed by atoms with Crippen LogP contribution >= 0.6 is 0 Å². The number of hydrogen-bond donors (Lipinski definition) is 1. The summed E-state index contributed by atoms with van der Waals surface area (Å²) in [7, 11) is 1.90. The van der Waals surface area contributed by atoms with E-state index in [4.69, 9.17) is 10.00 Å². The van der Waals surface area contributed by atoms with Gasteiger partial charge in [0.2, 0.25) is 0 Å². The molecule has 1 aromatic rings. The smallest absolute Gasteiger partial charge is 0.414 e. The van der Waals surface area contributed by atoms with Gasteiger partial charge in [-0.05, 0) is 32.1 Å². The van der Waals surface area contributed by atoms with Gasteiger partial charge < -0.3 is 10.1 Å². The fourth-order valence-corrected chi connectivity index (χ4v) is 2.18. The third kappa shape index (κ3) is 3.04. The molecule has 1 fully saturated rings. The fourth-order valence-electron chi connectivity index (χ4n) is 2.18. The number of rotatable bonds is 4. The van der Waals surface area contributed by atoms with Crippen molar-refractivity contribution in [1.29, 1.82) is 5.26 Å². The number of nitrogens with one attached hydrogen (secondary N) is 1. The highest BCUT2D eigenvalue weighted by atomic mass is 16.6. The summed E-state index contributed by atoms with van der Waals surface area (Å²) in [4.78, 5) is 13.4. The molecule has 5 nitrogen and oxygen atoms in total. The van der Waals surface area contributed by atoms with E-state index < -0.39 is 0 Å². The maximum absolute atomic E-state index is 11.9. The first kappa shape index (κ1) is 13.4. The molecular weight excluding hydrogens is 242 g/mol. The highest BCUT2D eigenvalue weighted by Gasteiger charge is 2.29. The van der Waals surface area contributed by atoms with E-state index in [1.54, 1.807) is 23.1 Å². The Labute approximate surface area is 112 Å². The Bertz CT molecular complexity index is 496. The topological polar surface area (TPSA) is 65.4 Å². The summed E-state index contributed by atoms with van der Waals surface area (Å²) in [6.07, 6.45) is 0.568. The standard InChI is InChI=1S/C14H17N3O2/c1-16-7-6-11-9-17(14(18)19-10-11)13-5-3-2-4-12(13)8-15/h2-5,11,16H,6-7,9-10H2,1H3. The molecular formula is C14H17N3O2. The number of ether oxygens (including phenoxy) is 1. The molecule has 1 aliphatic heterocycles. The molecule has 19 heavy (non-hydrogen) atoms. The third-order valence-corrected chi connectivity index (χ3v) is 3.22. The van der Waals surface area contributed by atoms with Crippen molar-refractivity contribution in [3.8, 4) is 6.07 Å². The zero-order valence-electron chi connectivity index (χ0n) is 10.9. The predicted molar refractivity (Wildman–Crippen MR) is 71.9 cm³/mol. The Morgan fingerprint density at radius 3 is 3.05 bits per heavy atom. The Morgan fingerprint density at radius 1 is 1.53 bits per heavy atom. The van der Waals surface area contributed by atoms with Gasteiger partial charge in [0.25, 0.3) is 0 Å². The molecule has 1 atom stereocenters. The average molecular weight is 259 g/mol. The Hall–Kier alpha value is -2.06. The molecule has 1 N–H and O–H groups in total. The van der Waals surface area contributed by atoms with E-state index in [1.807, 2.05) is 13.1 Å². The van der Waals surface area contributed by atoms with Gasteiger partial charge in [-0.2, -0.15) is 5.26 Å². The van der Waals surface area contributed by atoms with Gasteiger partial charge in [0.05, 0.1) is 17.9 Å². The summed E-state index contributed by atoms with van der Waals surface area (Å²) < 4.78 is 5.20. The summed E-state index contributed by atoms with van der Waals surface area (Å²) in [5.74, 6) is 0.289. The lowest BCUT2D eigenvalue weighted by atomic mass is 10.0. The Kier molecular flexibility index (Phi) is 4.37. The number of benzene rings is 1. The Morgan fingerprint density at radius 2 is 2.32 bits per heavy atom. The van der Waals surface area contributed by atoms with E-state index in [2.05, 4.69) is 11.4 Å². The second-order valence-electron chi connectivity index (χ2n) is 4.57. The van der Waals surface area contributed by atoms with Gasteiger partial charge in [-0.3, -0.25) is 4.90 Å². The van der Waals surface area contributed by atoms with Gasteiger partial charge >= 0.3 is 6.09 Å². The SMILES string of the molecule is CNCCC1COC(=O)N(c2ccccc2C#N)C1. The summed E-state index contributed by atoms with van der Waals surface area (Å²) in [5.41, 5.74) is 1.12. The predicted octanol–water partition coefficient (Wildman–Crippen LogP) is 1.74. The lowest BCUT2D eigenvalue weighted by molar-refractivity contribution is 0.112. The van der Waals surface area contributed by atoms with Crippen molar-refractivity contribution in [1.82, 2.24) is 5.32 Å². The minimum atomic E-state index is -0.372. The van der Waals surface area contributed by atoms with Crippen LogP contribution in [0.5, 0.6) is 0 Å². The molecule has 0 aromatic heterocycles. The maximum atomic E-state index is 11.9. The normalized spacial score (nSPS) is 18.8. The van der Waals surface area contributed by atoms with Gasteiger partial charge in [0.1, 0.15) is 6.07 Å². The van der Waals surface area contributed by atoms with Crippen molar-refractivity contribution in [2.75, 3.05) is 31.6 Å². The van der Waals surface area contributed by atoms with Crippen molar-refractivity contribution in [2.24, 2.45) is 5.92 Å². The molecule has 1 aliphatic rings. The maximum Gasteiger partial charge on any atom is 0.414 e. The third-order valence-electron chi connectivity index (χ3n) is 3.22. The summed E-state index contributed by atoms with van der Waals surface area (Å²) in [5, 5.41) is 12.2. The number of nitriles is 1. The molecule has 0 radical (unpaired) electrons. The van der Waals surface area contributed by atoms with Crippen LogP contribution in [0.3, 0.4) is 0 Å². The average Bonchev–Trinajstić information content (AvgIpc) is 2.46. The zero-order valence-corrected chi connectivity index (χ0v) is 10.9. The molecule has 0 saturated carbocycles. The molecule has 1 saturated heterocycles. The van der Waals surface area contributed by atoms with Crippen LogP contribution in [-0.2, 0) is 4.74 Å². The van der Waals surface area contributed by atoms with E-state index in [0.717, 1.165) is 13.0 Å². The Balaban J connectivity index is 2.17. The second kappa shape index (κ2) is 6.21. The minimum Gasteiger partial charge on any atom is -0.449 e. The number of carbonyl (C=O) groups excluding carboxylic acids is 1. The molecule has 0 bridgehead atoms.